The van der Waals surface area contributed by atoms with Gasteiger partial charge in [-0.3, -0.25) is 9.59 Å². The summed E-state index contributed by atoms with van der Waals surface area (Å²) in [6.45, 7) is 0. The number of rotatable bonds is 7. The number of amides is 1. The molecule has 0 aromatic heterocycles. The molecule has 0 aliphatic carbocycles. The van der Waals surface area contributed by atoms with Crippen molar-refractivity contribution in [1.29, 1.82) is 0 Å². The van der Waals surface area contributed by atoms with E-state index in [9.17, 15) is 19.2 Å². The molecule has 0 aliphatic rings. The van der Waals surface area contributed by atoms with Crippen LogP contribution in [0.2, 0.25) is 0 Å². The summed E-state index contributed by atoms with van der Waals surface area (Å²) in [7, 11) is 2.35. The number of carbonyl (C=O) groups excluding carboxylic acids is 3. The smallest absolute Gasteiger partial charge is 0.336 e. The van der Waals surface area contributed by atoms with Gasteiger partial charge in [-0.15, -0.1) is 0 Å². The molecule has 0 saturated carbocycles. The van der Waals surface area contributed by atoms with Crippen LogP contribution >= 0.6 is 0 Å². The highest BCUT2D eigenvalue weighted by molar-refractivity contribution is 6.05. The van der Waals surface area contributed by atoms with Crippen molar-refractivity contribution in [2.24, 2.45) is 0 Å². The van der Waals surface area contributed by atoms with Gasteiger partial charge in [-0.2, -0.15) is 0 Å². The Bertz CT molecular complexity index is 612. The lowest BCUT2D eigenvalue weighted by Gasteiger charge is -2.16. The highest BCUT2D eigenvalue weighted by Gasteiger charge is 2.25. The van der Waals surface area contributed by atoms with Crippen LogP contribution in [-0.4, -0.2) is 49.2 Å². The number of hydrogen-bond donors (Lipinski definition) is 2. The molecule has 0 bridgehead atoms. The van der Waals surface area contributed by atoms with E-state index in [1.807, 2.05) is 0 Å². The van der Waals surface area contributed by atoms with Gasteiger partial charge in [0.25, 0.3) is 5.91 Å². The van der Waals surface area contributed by atoms with E-state index in [4.69, 9.17) is 5.11 Å². The number of methoxy groups -OCH3 is 2. The number of ether oxygens (including phenoxy) is 2. The number of hydrogen-bond acceptors (Lipinski definition) is 6. The SMILES string of the molecule is COC(=O)CC[C@H](NC(=O)c1ccccc1C(=O)O)C(=O)OC. The van der Waals surface area contributed by atoms with Crippen LogP contribution in [0.25, 0.3) is 0 Å². The van der Waals surface area contributed by atoms with E-state index in [0.717, 1.165) is 7.11 Å². The van der Waals surface area contributed by atoms with E-state index in [-0.39, 0.29) is 24.0 Å². The van der Waals surface area contributed by atoms with Gasteiger partial charge in [-0.25, -0.2) is 9.59 Å². The Hall–Kier alpha value is -2.90. The molecule has 8 heteroatoms. The van der Waals surface area contributed by atoms with Crippen LogP contribution < -0.4 is 5.32 Å². The number of benzene rings is 1. The van der Waals surface area contributed by atoms with Crippen molar-refractivity contribution >= 4 is 23.8 Å². The van der Waals surface area contributed by atoms with Crippen LogP contribution in [-0.2, 0) is 19.1 Å². The molecule has 0 spiro atoms. The average molecular weight is 323 g/mol. The predicted octanol–water partition coefficient (Wildman–Crippen LogP) is 0.609. The molecule has 1 aromatic rings. The van der Waals surface area contributed by atoms with Crippen molar-refractivity contribution in [3.8, 4) is 0 Å². The number of carboxylic acids is 1. The highest BCUT2D eigenvalue weighted by atomic mass is 16.5. The molecule has 2 N–H and O–H groups in total. The summed E-state index contributed by atoms with van der Waals surface area (Å²) >= 11 is 0. The fourth-order valence-electron chi connectivity index (χ4n) is 1.86. The Kier molecular flexibility index (Phi) is 6.72. The van der Waals surface area contributed by atoms with Gasteiger partial charge < -0.3 is 19.9 Å². The summed E-state index contributed by atoms with van der Waals surface area (Å²) in [5.74, 6) is -3.29. The standard InChI is InChI=1S/C15H17NO7/c1-22-12(17)8-7-11(15(21)23-2)16-13(18)9-5-3-4-6-10(9)14(19)20/h3-6,11H,7-8H2,1-2H3,(H,16,18)(H,19,20)/t11-/m0/s1. The molecule has 1 rings (SSSR count). The lowest BCUT2D eigenvalue weighted by Crippen LogP contribution is -2.42. The van der Waals surface area contributed by atoms with Gasteiger partial charge in [0.05, 0.1) is 25.3 Å². The molecule has 1 amide bonds. The van der Waals surface area contributed by atoms with Gasteiger partial charge in [0, 0.05) is 6.42 Å². The van der Waals surface area contributed by atoms with Crippen molar-refractivity contribution in [3.63, 3.8) is 0 Å². The van der Waals surface area contributed by atoms with E-state index in [0.29, 0.717) is 0 Å². The predicted molar refractivity (Wildman–Crippen MR) is 77.9 cm³/mol. The molecule has 1 atom stereocenters. The number of esters is 2. The molecule has 0 fully saturated rings. The molecule has 0 aliphatic heterocycles. The van der Waals surface area contributed by atoms with Crippen LogP contribution in [0.15, 0.2) is 24.3 Å². The van der Waals surface area contributed by atoms with Crippen LogP contribution in [0.5, 0.6) is 0 Å². The average Bonchev–Trinajstić information content (AvgIpc) is 2.57. The van der Waals surface area contributed by atoms with E-state index in [1.54, 1.807) is 0 Å². The molecular weight excluding hydrogens is 306 g/mol. The van der Waals surface area contributed by atoms with E-state index >= 15 is 0 Å². The van der Waals surface area contributed by atoms with Crippen molar-refractivity contribution in [2.45, 2.75) is 18.9 Å². The van der Waals surface area contributed by atoms with E-state index < -0.39 is 29.9 Å². The molecule has 1 aromatic carbocycles. The lowest BCUT2D eigenvalue weighted by atomic mass is 10.1. The minimum atomic E-state index is -1.26. The second kappa shape index (κ2) is 8.52. The maximum atomic E-state index is 12.2. The maximum Gasteiger partial charge on any atom is 0.336 e. The molecule has 124 valence electrons. The second-order valence-corrected chi connectivity index (χ2v) is 4.51. The highest BCUT2D eigenvalue weighted by Crippen LogP contribution is 2.10. The van der Waals surface area contributed by atoms with Crippen LogP contribution in [0, 0.1) is 0 Å². The van der Waals surface area contributed by atoms with Crippen LogP contribution in [0.3, 0.4) is 0 Å². The van der Waals surface area contributed by atoms with E-state index in [1.165, 1.54) is 31.4 Å². The molecular formula is C15H17NO7. The van der Waals surface area contributed by atoms with Crippen molar-refractivity contribution in [2.75, 3.05) is 14.2 Å². The zero-order valence-electron chi connectivity index (χ0n) is 12.7. The summed E-state index contributed by atoms with van der Waals surface area (Å²) < 4.78 is 9.04. The van der Waals surface area contributed by atoms with Gasteiger partial charge in [0.2, 0.25) is 0 Å². The molecule has 23 heavy (non-hydrogen) atoms. The number of nitrogens with one attached hydrogen (secondary N) is 1. The van der Waals surface area contributed by atoms with E-state index in [2.05, 4.69) is 14.8 Å². The third-order valence-corrected chi connectivity index (χ3v) is 3.06. The summed E-state index contributed by atoms with van der Waals surface area (Å²) in [6, 6.07) is 4.50. The summed E-state index contributed by atoms with van der Waals surface area (Å²) in [4.78, 5) is 46.2. The Balaban J connectivity index is 2.91. The minimum absolute atomic E-state index is 0.0275. The Labute approximate surface area is 132 Å². The van der Waals surface area contributed by atoms with Gasteiger partial charge in [0.15, 0.2) is 0 Å². The quantitative estimate of drug-likeness (QED) is 0.705. The molecule has 0 radical (unpaired) electrons. The molecule has 0 saturated heterocycles. The third kappa shape index (κ3) is 5.10. The van der Waals surface area contributed by atoms with Gasteiger partial charge in [-0.1, -0.05) is 12.1 Å². The number of aromatic carboxylic acids is 1. The Morgan fingerprint density at radius 1 is 1.09 bits per heavy atom. The van der Waals surface area contributed by atoms with Crippen molar-refractivity contribution in [3.05, 3.63) is 35.4 Å². The van der Waals surface area contributed by atoms with Gasteiger partial charge in [-0.05, 0) is 18.6 Å². The van der Waals surface area contributed by atoms with Crippen LogP contribution in [0.4, 0.5) is 0 Å². The molecule has 0 unspecified atom stereocenters. The number of carbonyl (C=O) groups is 4. The van der Waals surface area contributed by atoms with Gasteiger partial charge >= 0.3 is 17.9 Å². The zero-order valence-corrected chi connectivity index (χ0v) is 12.7. The van der Waals surface area contributed by atoms with Crippen molar-refractivity contribution < 1.29 is 33.8 Å². The first-order valence-electron chi connectivity index (χ1n) is 6.68. The first kappa shape index (κ1) is 18.1. The molecule has 8 nitrogen and oxygen atoms in total. The second-order valence-electron chi connectivity index (χ2n) is 4.51. The monoisotopic (exact) mass is 323 g/mol. The normalized spacial score (nSPS) is 11.2. The summed E-state index contributed by atoms with van der Waals surface area (Å²) in [5, 5.41) is 11.5. The topological polar surface area (TPSA) is 119 Å². The first-order chi connectivity index (χ1) is 10.9. The lowest BCUT2D eigenvalue weighted by molar-refractivity contribution is -0.144. The Morgan fingerprint density at radius 2 is 1.70 bits per heavy atom. The number of carboxylic acid groups (broad SMARTS) is 1. The van der Waals surface area contributed by atoms with Gasteiger partial charge in [0.1, 0.15) is 6.04 Å². The van der Waals surface area contributed by atoms with Crippen LogP contribution in [0.1, 0.15) is 33.6 Å². The fourth-order valence-corrected chi connectivity index (χ4v) is 1.86. The third-order valence-electron chi connectivity index (χ3n) is 3.06. The summed E-state index contributed by atoms with van der Waals surface area (Å²) in [5.41, 5.74) is -0.284. The summed E-state index contributed by atoms with van der Waals surface area (Å²) in [6.07, 6.45) is -0.128. The van der Waals surface area contributed by atoms with Crippen molar-refractivity contribution in [1.82, 2.24) is 5.32 Å². The maximum absolute atomic E-state index is 12.2. The first-order valence-corrected chi connectivity index (χ1v) is 6.68. The molecule has 0 heterocycles. The zero-order chi connectivity index (χ0) is 17.4. The minimum Gasteiger partial charge on any atom is -0.478 e. The largest absolute Gasteiger partial charge is 0.478 e. The fraction of sp³-hybridized carbons (Fsp3) is 0.333. The Morgan fingerprint density at radius 3 is 2.22 bits per heavy atom.